The van der Waals surface area contributed by atoms with Crippen molar-refractivity contribution in [1.82, 2.24) is 25.0 Å². The number of hydrogen-bond donors (Lipinski definition) is 1. The second kappa shape index (κ2) is 6.88. The number of carbonyl (C=O) groups is 1. The highest BCUT2D eigenvalue weighted by atomic mass is 35.5. The summed E-state index contributed by atoms with van der Waals surface area (Å²) < 4.78 is 10.8. The van der Waals surface area contributed by atoms with Gasteiger partial charge in [0, 0.05) is 25.5 Å². The zero-order valence-electron chi connectivity index (χ0n) is 12.1. The first kappa shape index (κ1) is 15.6. The van der Waals surface area contributed by atoms with Crippen LogP contribution in [0.5, 0.6) is 0 Å². The summed E-state index contributed by atoms with van der Waals surface area (Å²) in [6.07, 6.45) is 3.40. The van der Waals surface area contributed by atoms with Crippen LogP contribution in [0, 0.1) is 0 Å². The molecular weight excluding hydrogens is 326 g/mol. The number of amides is 1. The number of likely N-dealkylation sites (tertiary alicyclic amines) is 1. The second-order valence-corrected chi connectivity index (χ2v) is 5.37. The predicted octanol–water partition coefficient (Wildman–Crippen LogP) is 1.84. The Labute approximate surface area is 136 Å². The standard InChI is InChI=1S/C13H14ClN5O4/c14-12-15-5-8(6-16-12)11-17-10(18-23-11)7-22-9-1-3-19(4-2-9)13(20)21/h5-6,9H,1-4,7H2,(H,20,21). The van der Waals surface area contributed by atoms with E-state index in [1.54, 1.807) is 0 Å². The van der Waals surface area contributed by atoms with E-state index in [4.69, 9.17) is 26.0 Å². The molecule has 3 rings (SSSR count). The first-order valence-corrected chi connectivity index (χ1v) is 7.39. The minimum atomic E-state index is -0.892. The van der Waals surface area contributed by atoms with Crippen LogP contribution in [-0.2, 0) is 11.3 Å². The number of rotatable bonds is 4. The second-order valence-electron chi connectivity index (χ2n) is 5.04. The molecule has 0 aromatic carbocycles. The minimum absolute atomic E-state index is 0.00795. The van der Waals surface area contributed by atoms with Crippen molar-refractivity contribution in [2.45, 2.75) is 25.6 Å². The SMILES string of the molecule is O=C(O)N1CCC(OCc2noc(-c3cnc(Cl)nc3)n2)CC1. The lowest BCUT2D eigenvalue weighted by Crippen LogP contribution is -2.40. The third-order valence-corrected chi connectivity index (χ3v) is 3.69. The third-order valence-electron chi connectivity index (χ3n) is 3.50. The summed E-state index contributed by atoms with van der Waals surface area (Å²) >= 11 is 5.62. The first-order valence-electron chi connectivity index (χ1n) is 7.02. The number of carboxylic acid groups (broad SMARTS) is 1. The van der Waals surface area contributed by atoms with E-state index in [2.05, 4.69) is 20.1 Å². The molecule has 3 heterocycles. The summed E-state index contributed by atoms with van der Waals surface area (Å²) in [5.41, 5.74) is 0.572. The number of nitrogens with zero attached hydrogens (tertiary/aromatic N) is 5. The van der Waals surface area contributed by atoms with Crippen LogP contribution < -0.4 is 0 Å². The Bertz CT molecular complexity index is 669. The van der Waals surface area contributed by atoms with E-state index in [1.807, 2.05) is 0 Å². The molecule has 2 aromatic rings. The van der Waals surface area contributed by atoms with Crippen LogP contribution >= 0.6 is 11.6 Å². The maximum atomic E-state index is 10.8. The van der Waals surface area contributed by atoms with Gasteiger partial charge in [-0.1, -0.05) is 5.16 Å². The molecule has 1 aliphatic rings. The number of halogens is 1. The molecule has 0 aliphatic carbocycles. The van der Waals surface area contributed by atoms with Crippen molar-refractivity contribution in [1.29, 1.82) is 0 Å². The van der Waals surface area contributed by atoms with Crippen LogP contribution in [-0.4, -0.2) is 55.4 Å². The lowest BCUT2D eigenvalue weighted by molar-refractivity contribution is -0.00294. The van der Waals surface area contributed by atoms with Gasteiger partial charge in [-0.2, -0.15) is 4.98 Å². The molecule has 1 fully saturated rings. The summed E-state index contributed by atoms with van der Waals surface area (Å²) in [6.45, 7) is 1.15. The third kappa shape index (κ3) is 3.93. The fraction of sp³-hybridized carbons (Fsp3) is 0.462. The van der Waals surface area contributed by atoms with Crippen molar-refractivity contribution in [3.63, 3.8) is 0 Å². The molecule has 9 nitrogen and oxygen atoms in total. The van der Waals surface area contributed by atoms with Gasteiger partial charge < -0.3 is 19.3 Å². The Morgan fingerprint density at radius 1 is 1.39 bits per heavy atom. The van der Waals surface area contributed by atoms with Crippen molar-refractivity contribution < 1.29 is 19.2 Å². The molecule has 1 N–H and O–H groups in total. The molecule has 1 amide bonds. The Kier molecular flexibility index (Phi) is 4.68. The van der Waals surface area contributed by atoms with Crippen LogP contribution in [0.25, 0.3) is 11.5 Å². The Hall–Kier alpha value is -2.26. The van der Waals surface area contributed by atoms with Gasteiger partial charge in [-0.15, -0.1) is 0 Å². The molecule has 0 radical (unpaired) electrons. The van der Waals surface area contributed by atoms with Crippen LogP contribution in [0.3, 0.4) is 0 Å². The largest absolute Gasteiger partial charge is 0.465 e. The van der Waals surface area contributed by atoms with E-state index in [0.29, 0.717) is 43.2 Å². The van der Waals surface area contributed by atoms with Crippen LogP contribution in [0.4, 0.5) is 4.79 Å². The molecule has 23 heavy (non-hydrogen) atoms. The molecule has 1 aliphatic heterocycles. The summed E-state index contributed by atoms with van der Waals surface area (Å²) in [5.74, 6) is 0.705. The molecule has 0 atom stereocenters. The molecule has 0 saturated carbocycles. The lowest BCUT2D eigenvalue weighted by atomic mass is 10.1. The number of ether oxygens (including phenoxy) is 1. The Morgan fingerprint density at radius 3 is 2.74 bits per heavy atom. The maximum Gasteiger partial charge on any atom is 0.407 e. The Morgan fingerprint density at radius 2 is 2.09 bits per heavy atom. The molecular formula is C13H14ClN5O4. The number of hydrogen-bond acceptors (Lipinski definition) is 7. The number of aromatic nitrogens is 4. The van der Waals surface area contributed by atoms with Gasteiger partial charge in [-0.3, -0.25) is 0 Å². The van der Waals surface area contributed by atoms with E-state index >= 15 is 0 Å². The van der Waals surface area contributed by atoms with Crippen molar-refractivity contribution in [3.05, 3.63) is 23.5 Å². The highest BCUT2D eigenvalue weighted by Gasteiger charge is 2.23. The summed E-state index contributed by atoms with van der Waals surface area (Å²) in [4.78, 5) is 24.1. The summed E-state index contributed by atoms with van der Waals surface area (Å²) in [7, 11) is 0. The summed E-state index contributed by atoms with van der Waals surface area (Å²) in [6, 6.07) is 0. The van der Waals surface area contributed by atoms with Gasteiger partial charge in [0.2, 0.25) is 5.28 Å². The highest BCUT2D eigenvalue weighted by Crippen LogP contribution is 2.18. The topological polar surface area (TPSA) is 114 Å². The van der Waals surface area contributed by atoms with Crippen molar-refractivity contribution in [3.8, 4) is 11.5 Å². The molecule has 1 saturated heterocycles. The highest BCUT2D eigenvalue weighted by molar-refractivity contribution is 6.28. The van der Waals surface area contributed by atoms with Gasteiger partial charge in [0.25, 0.3) is 5.89 Å². The molecule has 122 valence electrons. The molecule has 0 unspecified atom stereocenters. The summed E-state index contributed by atoms with van der Waals surface area (Å²) in [5, 5.41) is 12.9. The zero-order chi connectivity index (χ0) is 16.2. The average Bonchev–Trinajstić information content (AvgIpc) is 3.03. The molecule has 10 heteroatoms. The quantitative estimate of drug-likeness (QED) is 0.839. The van der Waals surface area contributed by atoms with E-state index < -0.39 is 6.09 Å². The van der Waals surface area contributed by atoms with E-state index in [-0.39, 0.29) is 18.0 Å². The average molecular weight is 340 g/mol. The van der Waals surface area contributed by atoms with Crippen molar-refractivity contribution >= 4 is 17.7 Å². The van der Waals surface area contributed by atoms with Crippen LogP contribution in [0.1, 0.15) is 18.7 Å². The van der Waals surface area contributed by atoms with Crippen LogP contribution in [0.2, 0.25) is 5.28 Å². The Balaban J connectivity index is 1.52. The van der Waals surface area contributed by atoms with Gasteiger partial charge in [0.1, 0.15) is 6.61 Å². The van der Waals surface area contributed by atoms with Gasteiger partial charge >= 0.3 is 6.09 Å². The molecule has 0 bridgehead atoms. The minimum Gasteiger partial charge on any atom is -0.465 e. The monoisotopic (exact) mass is 339 g/mol. The maximum absolute atomic E-state index is 10.8. The van der Waals surface area contributed by atoms with Gasteiger partial charge in [0.05, 0.1) is 11.7 Å². The van der Waals surface area contributed by atoms with Gasteiger partial charge in [-0.25, -0.2) is 14.8 Å². The van der Waals surface area contributed by atoms with E-state index in [1.165, 1.54) is 17.3 Å². The fourth-order valence-corrected chi connectivity index (χ4v) is 2.36. The fourth-order valence-electron chi connectivity index (χ4n) is 2.26. The van der Waals surface area contributed by atoms with Crippen molar-refractivity contribution in [2.75, 3.05) is 13.1 Å². The first-order chi connectivity index (χ1) is 11.1. The lowest BCUT2D eigenvalue weighted by Gasteiger charge is -2.29. The van der Waals surface area contributed by atoms with Gasteiger partial charge in [0.15, 0.2) is 5.82 Å². The molecule has 2 aromatic heterocycles. The smallest absolute Gasteiger partial charge is 0.407 e. The van der Waals surface area contributed by atoms with Crippen molar-refractivity contribution in [2.24, 2.45) is 0 Å². The predicted molar refractivity (Wildman–Crippen MR) is 77.7 cm³/mol. The number of piperidine rings is 1. The van der Waals surface area contributed by atoms with E-state index in [9.17, 15) is 4.79 Å². The molecule has 0 spiro atoms. The van der Waals surface area contributed by atoms with E-state index in [0.717, 1.165) is 0 Å². The zero-order valence-corrected chi connectivity index (χ0v) is 12.8. The van der Waals surface area contributed by atoms with Crippen LogP contribution in [0.15, 0.2) is 16.9 Å². The normalized spacial score (nSPS) is 15.8. The van der Waals surface area contributed by atoms with Gasteiger partial charge in [-0.05, 0) is 24.4 Å².